The molecule has 1 heterocycles. The molecule has 0 aliphatic rings. The fraction of sp³-hybridized carbons (Fsp3) is 0.423. The lowest BCUT2D eigenvalue weighted by Crippen LogP contribution is -2.39. The Bertz CT molecular complexity index is 1090. The number of thiophene rings is 1. The van der Waals surface area contributed by atoms with Crippen molar-refractivity contribution in [1.29, 1.82) is 0 Å². The third-order valence-corrected chi connectivity index (χ3v) is 6.73. The van der Waals surface area contributed by atoms with E-state index in [1.165, 1.54) is 16.0 Å². The van der Waals surface area contributed by atoms with Gasteiger partial charge in [0.05, 0.1) is 13.2 Å². The summed E-state index contributed by atoms with van der Waals surface area (Å²) in [7, 11) is 0. The van der Waals surface area contributed by atoms with Crippen LogP contribution in [0.3, 0.4) is 0 Å². The minimum absolute atomic E-state index is 0.0393. The maximum absolute atomic E-state index is 14.1. The topological polar surface area (TPSA) is 87.6 Å². The van der Waals surface area contributed by atoms with E-state index in [2.05, 4.69) is 31.2 Å². The molecule has 0 aliphatic heterocycles. The van der Waals surface area contributed by atoms with Crippen molar-refractivity contribution in [3.8, 4) is 16.2 Å². The summed E-state index contributed by atoms with van der Waals surface area (Å²) in [5.41, 5.74) is 13.2. The van der Waals surface area contributed by atoms with Crippen LogP contribution in [0.4, 0.5) is 8.78 Å². The highest BCUT2D eigenvalue weighted by atomic mass is 32.1. The number of ether oxygens (including phenoxy) is 2. The average molecular weight is 491 g/mol. The van der Waals surface area contributed by atoms with Gasteiger partial charge in [-0.1, -0.05) is 31.2 Å². The summed E-state index contributed by atoms with van der Waals surface area (Å²) in [4.78, 5) is 12.6. The Morgan fingerprint density at radius 3 is 2.56 bits per heavy atom. The number of benzene rings is 2. The number of carbonyl (C=O) groups is 1. The second kappa shape index (κ2) is 12.2. The van der Waals surface area contributed by atoms with Crippen LogP contribution < -0.4 is 16.2 Å². The van der Waals surface area contributed by atoms with E-state index in [4.69, 9.17) is 20.9 Å². The molecule has 2 aromatic carbocycles. The quantitative estimate of drug-likeness (QED) is 0.243. The Labute approximate surface area is 203 Å². The van der Waals surface area contributed by atoms with Crippen molar-refractivity contribution in [3.63, 3.8) is 0 Å². The van der Waals surface area contributed by atoms with Crippen LogP contribution in [0.5, 0.6) is 5.75 Å². The first-order valence-corrected chi connectivity index (χ1v) is 12.4. The number of alkyl halides is 2. The Hall–Kier alpha value is -2.55. The van der Waals surface area contributed by atoms with E-state index in [1.807, 2.05) is 24.3 Å². The lowest BCUT2D eigenvalue weighted by Gasteiger charge is -2.17. The van der Waals surface area contributed by atoms with E-state index >= 15 is 0 Å². The Morgan fingerprint density at radius 2 is 1.82 bits per heavy atom. The third kappa shape index (κ3) is 7.22. The summed E-state index contributed by atoms with van der Waals surface area (Å²) in [6.07, 6.45) is 0.610. The number of halogens is 2. The molecule has 8 heteroatoms. The first-order valence-electron chi connectivity index (χ1n) is 11.6. The second-order valence-corrected chi connectivity index (χ2v) is 9.33. The third-order valence-electron chi connectivity index (χ3n) is 5.60. The molecule has 4 N–H and O–H groups in total. The normalized spacial score (nSPS) is 12.6. The summed E-state index contributed by atoms with van der Waals surface area (Å²) in [5, 5.41) is 1.14. The number of hydrogen-bond donors (Lipinski definition) is 2. The minimum Gasteiger partial charge on any atom is -0.494 e. The maximum Gasteiger partial charge on any atom is 0.324 e. The van der Waals surface area contributed by atoms with Gasteiger partial charge in [0, 0.05) is 29.0 Å². The molecule has 0 aliphatic carbocycles. The molecule has 0 amide bonds. The van der Waals surface area contributed by atoms with Crippen LogP contribution in [0.15, 0.2) is 48.5 Å². The van der Waals surface area contributed by atoms with Gasteiger partial charge in [-0.15, -0.1) is 11.3 Å². The van der Waals surface area contributed by atoms with Gasteiger partial charge in [0.1, 0.15) is 11.8 Å². The molecule has 0 saturated heterocycles. The zero-order valence-corrected chi connectivity index (χ0v) is 20.2. The molecular weight excluding hydrogens is 458 g/mol. The van der Waals surface area contributed by atoms with Crippen LogP contribution in [0.2, 0.25) is 0 Å². The highest BCUT2D eigenvalue weighted by Gasteiger charge is 2.28. The number of fused-ring (bicyclic) bond motifs is 1. The van der Waals surface area contributed by atoms with Gasteiger partial charge in [-0.25, -0.2) is 8.78 Å². The van der Waals surface area contributed by atoms with Crippen molar-refractivity contribution in [2.24, 2.45) is 11.5 Å². The molecule has 0 bridgehead atoms. The van der Waals surface area contributed by atoms with Crippen molar-refractivity contribution in [1.82, 2.24) is 0 Å². The predicted molar refractivity (Wildman–Crippen MR) is 134 cm³/mol. The van der Waals surface area contributed by atoms with E-state index in [1.54, 1.807) is 11.3 Å². The van der Waals surface area contributed by atoms with Gasteiger partial charge in [0.25, 0.3) is 0 Å². The zero-order chi connectivity index (χ0) is 24.6. The molecule has 3 rings (SSSR count). The van der Waals surface area contributed by atoms with Gasteiger partial charge < -0.3 is 20.9 Å². The first kappa shape index (κ1) is 26.1. The number of nitrogens with two attached hydrogens (primary N) is 2. The van der Waals surface area contributed by atoms with E-state index < -0.39 is 17.9 Å². The number of hydrogen-bond acceptors (Lipinski definition) is 6. The van der Waals surface area contributed by atoms with E-state index in [0.717, 1.165) is 16.5 Å². The molecule has 3 aromatic rings. The molecule has 184 valence electrons. The van der Waals surface area contributed by atoms with Gasteiger partial charge in [-0.2, -0.15) is 0 Å². The maximum atomic E-state index is 14.1. The van der Waals surface area contributed by atoms with Crippen molar-refractivity contribution in [2.75, 3.05) is 19.8 Å². The SMILES string of the molecule is CCc1ccccc1-c1cc2ccc(OCCCC(F)(F)CCCOC(=O)C(N)CN)cc2s1. The number of aryl methyl sites for hydroxylation is 1. The lowest BCUT2D eigenvalue weighted by atomic mass is 10.0. The number of esters is 1. The number of carbonyl (C=O) groups excluding carboxylic acids is 1. The largest absolute Gasteiger partial charge is 0.494 e. The summed E-state index contributed by atoms with van der Waals surface area (Å²) < 4.78 is 39.9. The van der Waals surface area contributed by atoms with Crippen LogP contribution in [-0.2, 0) is 16.0 Å². The van der Waals surface area contributed by atoms with Crippen LogP contribution >= 0.6 is 11.3 Å². The summed E-state index contributed by atoms with van der Waals surface area (Å²) in [5.74, 6) is -2.83. The van der Waals surface area contributed by atoms with Crippen LogP contribution in [0.1, 0.15) is 38.2 Å². The van der Waals surface area contributed by atoms with Gasteiger partial charge in [0.15, 0.2) is 0 Å². The molecule has 0 spiro atoms. The van der Waals surface area contributed by atoms with Crippen molar-refractivity contribution in [2.45, 2.75) is 51.0 Å². The highest BCUT2D eigenvalue weighted by Crippen LogP contribution is 2.37. The molecule has 1 aromatic heterocycles. The van der Waals surface area contributed by atoms with Crippen LogP contribution in [-0.4, -0.2) is 37.7 Å². The Kier molecular flexibility index (Phi) is 9.38. The summed E-state index contributed by atoms with van der Waals surface area (Å²) in [6.45, 7) is 2.22. The molecule has 0 radical (unpaired) electrons. The van der Waals surface area contributed by atoms with Crippen LogP contribution in [0, 0.1) is 0 Å². The first-order chi connectivity index (χ1) is 16.3. The predicted octanol–water partition coefficient (Wildman–Crippen LogP) is 5.53. The fourth-order valence-electron chi connectivity index (χ4n) is 3.66. The van der Waals surface area contributed by atoms with Crippen molar-refractivity contribution in [3.05, 3.63) is 54.1 Å². The monoisotopic (exact) mass is 490 g/mol. The second-order valence-electron chi connectivity index (χ2n) is 8.24. The molecule has 34 heavy (non-hydrogen) atoms. The molecule has 1 unspecified atom stereocenters. The average Bonchev–Trinajstić information content (AvgIpc) is 3.27. The standard InChI is InChI=1S/C26H32F2N2O3S/c1-2-18-7-3-4-8-21(18)24-15-19-9-10-20(16-23(19)34-24)32-13-5-11-26(27,28)12-6-14-33-25(31)22(30)17-29/h3-4,7-10,15-16,22H,2,5-6,11-14,17,29-30H2,1H3. The lowest BCUT2D eigenvalue weighted by molar-refractivity contribution is -0.145. The smallest absolute Gasteiger partial charge is 0.324 e. The van der Waals surface area contributed by atoms with Crippen molar-refractivity contribution < 1.29 is 23.0 Å². The highest BCUT2D eigenvalue weighted by molar-refractivity contribution is 7.22. The Balaban J connectivity index is 1.46. The van der Waals surface area contributed by atoms with Crippen molar-refractivity contribution >= 4 is 27.4 Å². The van der Waals surface area contributed by atoms with E-state index in [0.29, 0.717) is 5.75 Å². The fourth-order valence-corrected chi connectivity index (χ4v) is 4.81. The molecule has 0 saturated carbocycles. The zero-order valence-electron chi connectivity index (χ0n) is 19.4. The van der Waals surface area contributed by atoms with Gasteiger partial charge in [-0.05, 0) is 60.0 Å². The molecular formula is C26H32F2N2O3S. The van der Waals surface area contributed by atoms with Gasteiger partial charge in [-0.3, -0.25) is 4.79 Å². The molecule has 5 nitrogen and oxygen atoms in total. The summed E-state index contributed by atoms with van der Waals surface area (Å²) in [6, 6.07) is 15.5. The van der Waals surface area contributed by atoms with E-state index in [9.17, 15) is 13.6 Å². The summed E-state index contributed by atoms with van der Waals surface area (Å²) >= 11 is 1.70. The van der Waals surface area contributed by atoms with Gasteiger partial charge in [0.2, 0.25) is 5.92 Å². The van der Waals surface area contributed by atoms with Crippen LogP contribution in [0.25, 0.3) is 20.5 Å². The van der Waals surface area contributed by atoms with Gasteiger partial charge >= 0.3 is 5.97 Å². The minimum atomic E-state index is -2.84. The number of rotatable bonds is 13. The molecule has 1 atom stereocenters. The Morgan fingerprint density at radius 1 is 1.09 bits per heavy atom. The molecule has 0 fully saturated rings. The van der Waals surface area contributed by atoms with E-state index in [-0.39, 0.29) is 45.4 Å².